The van der Waals surface area contributed by atoms with Gasteiger partial charge in [-0.15, -0.1) is 0 Å². The molecule has 0 bridgehead atoms. The summed E-state index contributed by atoms with van der Waals surface area (Å²) in [6.07, 6.45) is 8.06. The number of oxime groups is 1. The Morgan fingerprint density at radius 3 is 2.88 bits per heavy atom. The van der Waals surface area contributed by atoms with E-state index in [-0.39, 0.29) is 0 Å². The highest BCUT2D eigenvalue weighted by molar-refractivity contribution is 6.01. The lowest BCUT2D eigenvalue weighted by atomic mass is 9.79. The molecule has 2 rings (SSSR count). The molecule has 0 aromatic rings. The number of rotatable bonds is 3. The third-order valence-electron chi connectivity index (χ3n) is 4.20. The maximum absolute atomic E-state index is 9.03. The molecule has 0 spiro atoms. The van der Waals surface area contributed by atoms with Gasteiger partial charge in [0, 0.05) is 6.04 Å². The zero-order chi connectivity index (χ0) is 12.3. The van der Waals surface area contributed by atoms with E-state index in [1.54, 1.807) is 5.57 Å². The minimum atomic E-state index is 0.701. The topological polar surface area (TPSA) is 35.8 Å². The van der Waals surface area contributed by atoms with Crippen molar-refractivity contribution < 1.29 is 5.21 Å². The van der Waals surface area contributed by atoms with Crippen molar-refractivity contribution in [3.05, 3.63) is 11.1 Å². The van der Waals surface area contributed by atoms with E-state index in [2.05, 4.69) is 24.0 Å². The molecule has 0 heterocycles. The number of nitrogens with zero attached hydrogens (tertiary/aromatic N) is 2. The summed E-state index contributed by atoms with van der Waals surface area (Å²) < 4.78 is 0. The van der Waals surface area contributed by atoms with Gasteiger partial charge in [0.2, 0.25) is 0 Å². The first-order valence-electron chi connectivity index (χ1n) is 6.88. The van der Waals surface area contributed by atoms with Crippen LogP contribution in [0.5, 0.6) is 0 Å². The SMILES string of the molecule is CCCN(C)C1CCC2=C(CCC/C2=N\O)C1. The maximum atomic E-state index is 9.03. The highest BCUT2D eigenvalue weighted by atomic mass is 16.4. The Kier molecular flexibility index (Phi) is 4.21. The molecule has 1 N–H and O–H groups in total. The Hall–Kier alpha value is -0.830. The molecular formula is C14H24N2O. The van der Waals surface area contributed by atoms with Gasteiger partial charge < -0.3 is 10.1 Å². The van der Waals surface area contributed by atoms with Gasteiger partial charge in [-0.25, -0.2) is 0 Å². The Morgan fingerprint density at radius 2 is 2.18 bits per heavy atom. The molecule has 2 aliphatic rings. The smallest absolute Gasteiger partial charge is 0.0827 e. The first kappa shape index (κ1) is 12.6. The van der Waals surface area contributed by atoms with Gasteiger partial charge in [-0.05, 0) is 64.1 Å². The van der Waals surface area contributed by atoms with E-state index in [0.29, 0.717) is 6.04 Å². The molecule has 1 unspecified atom stereocenters. The number of hydrogen-bond acceptors (Lipinski definition) is 3. The van der Waals surface area contributed by atoms with E-state index in [9.17, 15) is 0 Å². The fourth-order valence-electron chi connectivity index (χ4n) is 3.24. The fourth-order valence-corrected chi connectivity index (χ4v) is 3.24. The maximum Gasteiger partial charge on any atom is 0.0827 e. The second-order valence-corrected chi connectivity index (χ2v) is 5.36. The summed E-state index contributed by atoms with van der Waals surface area (Å²) in [7, 11) is 2.24. The van der Waals surface area contributed by atoms with Crippen LogP contribution in [0.3, 0.4) is 0 Å². The lowest BCUT2D eigenvalue weighted by Gasteiger charge is -2.35. The summed E-state index contributed by atoms with van der Waals surface area (Å²) >= 11 is 0. The van der Waals surface area contributed by atoms with Crippen LogP contribution in [0.25, 0.3) is 0 Å². The predicted molar refractivity (Wildman–Crippen MR) is 70.7 cm³/mol. The van der Waals surface area contributed by atoms with Crippen molar-refractivity contribution in [3.8, 4) is 0 Å². The lowest BCUT2D eigenvalue weighted by Crippen LogP contribution is -2.36. The normalized spacial score (nSPS) is 27.7. The third-order valence-corrected chi connectivity index (χ3v) is 4.20. The molecule has 0 fully saturated rings. The van der Waals surface area contributed by atoms with E-state index < -0.39 is 0 Å². The van der Waals surface area contributed by atoms with E-state index in [0.717, 1.165) is 25.0 Å². The van der Waals surface area contributed by atoms with Crippen molar-refractivity contribution in [1.29, 1.82) is 0 Å². The zero-order valence-electron chi connectivity index (χ0n) is 11.1. The monoisotopic (exact) mass is 236 g/mol. The Balaban J connectivity index is 2.07. The van der Waals surface area contributed by atoms with Gasteiger partial charge in [-0.3, -0.25) is 0 Å². The van der Waals surface area contributed by atoms with E-state index in [4.69, 9.17) is 5.21 Å². The van der Waals surface area contributed by atoms with E-state index in [1.807, 2.05) is 0 Å². The molecule has 3 heteroatoms. The second kappa shape index (κ2) is 5.67. The Bertz CT molecular complexity index is 333. The van der Waals surface area contributed by atoms with Gasteiger partial charge in [0.1, 0.15) is 0 Å². The first-order valence-corrected chi connectivity index (χ1v) is 6.88. The van der Waals surface area contributed by atoms with Gasteiger partial charge in [0.15, 0.2) is 0 Å². The van der Waals surface area contributed by atoms with Crippen molar-refractivity contribution in [1.82, 2.24) is 4.90 Å². The van der Waals surface area contributed by atoms with Crippen molar-refractivity contribution >= 4 is 5.71 Å². The predicted octanol–water partition coefficient (Wildman–Crippen LogP) is 3.19. The molecule has 0 aromatic carbocycles. The van der Waals surface area contributed by atoms with Crippen molar-refractivity contribution in [2.24, 2.45) is 5.16 Å². The molecule has 0 radical (unpaired) electrons. The largest absolute Gasteiger partial charge is 0.411 e. The highest BCUT2D eigenvalue weighted by Gasteiger charge is 2.28. The molecular weight excluding hydrogens is 212 g/mol. The summed E-state index contributed by atoms with van der Waals surface area (Å²) in [6.45, 7) is 3.43. The standard InChI is InChI=1S/C14H24N2O/c1-3-9-16(2)12-7-8-13-11(10-12)5-4-6-14(13)15-17/h12,17H,3-10H2,1-2H3/b15-14+. The molecule has 0 amide bonds. The van der Waals surface area contributed by atoms with E-state index in [1.165, 1.54) is 37.8 Å². The second-order valence-electron chi connectivity index (χ2n) is 5.36. The number of allylic oxidation sites excluding steroid dienone is 1. The van der Waals surface area contributed by atoms with Gasteiger partial charge in [-0.1, -0.05) is 17.7 Å². The van der Waals surface area contributed by atoms with Crippen LogP contribution in [0.1, 0.15) is 51.9 Å². The molecule has 0 saturated carbocycles. The van der Waals surface area contributed by atoms with Crippen molar-refractivity contribution in [2.45, 2.75) is 57.9 Å². The summed E-state index contributed by atoms with van der Waals surface area (Å²) in [5, 5.41) is 12.5. The molecule has 0 aromatic heterocycles. The van der Waals surface area contributed by atoms with Crippen LogP contribution in [0.15, 0.2) is 16.3 Å². The van der Waals surface area contributed by atoms with Crippen LogP contribution in [0.2, 0.25) is 0 Å². The number of hydrogen-bond donors (Lipinski definition) is 1. The van der Waals surface area contributed by atoms with Gasteiger partial charge in [-0.2, -0.15) is 0 Å². The van der Waals surface area contributed by atoms with Crippen LogP contribution in [0, 0.1) is 0 Å². The van der Waals surface area contributed by atoms with Crippen LogP contribution < -0.4 is 0 Å². The summed E-state index contributed by atoms with van der Waals surface area (Å²) in [6, 6.07) is 0.701. The van der Waals surface area contributed by atoms with Gasteiger partial charge in [0.05, 0.1) is 5.71 Å². The highest BCUT2D eigenvalue weighted by Crippen LogP contribution is 2.35. The molecule has 1 atom stereocenters. The minimum Gasteiger partial charge on any atom is -0.411 e. The van der Waals surface area contributed by atoms with Crippen LogP contribution in [-0.4, -0.2) is 35.5 Å². The van der Waals surface area contributed by atoms with Crippen LogP contribution in [-0.2, 0) is 0 Å². The zero-order valence-corrected chi connectivity index (χ0v) is 11.1. The summed E-state index contributed by atoms with van der Waals surface area (Å²) in [5.41, 5.74) is 3.89. The minimum absolute atomic E-state index is 0.701. The first-order chi connectivity index (χ1) is 8.26. The van der Waals surface area contributed by atoms with Crippen molar-refractivity contribution in [2.75, 3.05) is 13.6 Å². The van der Waals surface area contributed by atoms with Crippen LogP contribution in [0.4, 0.5) is 0 Å². The third kappa shape index (κ3) is 2.71. The summed E-state index contributed by atoms with van der Waals surface area (Å²) in [5.74, 6) is 0. The molecule has 2 aliphatic carbocycles. The van der Waals surface area contributed by atoms with Gasteiger partial charge >= 0.3 is 0 Å². The quantitative estimate of drug-likeness (QED) is 0.603. The van der Waals surface area contributed by atoms with E-state index >= 15 is 0 Å². The average Bonchev–Trinajstić information content (AvgIpc) is 2.37. The molecule has 0 aliphatic heterocycles. The van der Waals surface area contributed by atoms with Gasteiger partial charge in [0.25, 0.3) is 0 Å². The molecule has 0 saturated heterocycles. The molecule has 17 heavy (non-hydrogen) atoms. The lowest BCUT2D eigenvalue weighted by molar-refractivity contribution is 0.220. The Labute approximate surface area is 104 Å². The fraction of sp³-hybridized carbons (Fsp3) is 0.786. The summed E-state index contributed by atoms with van der Waals surface area (Å²) in [4.78, 5) is 2.49. The molecule has 3 nitrogen and oxygen atoms in total. The van der Waals surface area contributed by atoms with Crippen molar-refractivity contribution in [3.63, 3.8) is 0 Å². The Morgan fingerprint density at radius 1 is 1.35 bits per heavy atom. The molecule has 96 valence electrons. The van der Waals surface area contributed by atoms with Crippen LogP contribution >= 0.6 is 0 Å². The average molecular weight is 236 g/mol.